The Balaban J connectivity index is 1.89. The Hall–Kier alpha value is -2.74. The summed E-state index contributed by atoms with van der Waals surface area (Å²) in [5.41, 5.74) is 1.82. The van der Waals surface area contributed by atoms with Crippen molar-refractivity contribution in [2.75, 3.05) is 6.54 Å². The van der Waals surface area contributed by atoms with Gasteiger partial charge in [0.2, 0.25) is 0 Å². The zero-order chi connectivity index (χ0) is 20.0. The fraction of sp³-hybridized carbons (Fsp3) is 0.400. The van der Waals surface area contributed by atoms with Gasteiger partial charge in [0.1, 0.15) is 6.04 Å². The number of carbonyl (C=O) groups is 2. The number of amides is 1. The molecule has 1 atom stereocenters. The van der Waals surface area contributed by atoms with Gasteiger partial charge in [-0.15, -0.1) is 11.3 Å². The first-order valence-electron chi connectivity index (χ1n) is 9.35. The quantitative estimate of drug-likeness (QED) is 0.723. The molecule has 1 fully saturated rings. The summed E-state index contributed by atoms with van der Waals surface area (Å²) < 4.78 is 1.80. The number of rotatable bonds is 4. The highest BCUT2D eigenvalue weighted by atomic mass is 32.1. The molecule has 1 N–H and O–H groups in total. The summed E-state index contributed by atoms with van der Waals surface area (Å²) in [4.78, 5) is 33.3. The number of carboxylic acid groups (broad SMARTS) is 1. The third-order valence-electron chi connectivity index (χ3n) is 5.08. The molecule has 8 heteroatoms. The van der Waals surface area contributed by atoms with Crippen LogP contribution in [-0.4, -0.2) is 49.2 Å². The number of carboxylic acids is 1. The second kappa shape index (κ2) is 7.01. The van der Waals surface area contributed by atoms with Crippen molar-refractivity contribution in [1.29, 1.82) is 0 Å². The van der Waals surface area contributed by atoms with Gasteiger partial charge in [-0.05, 0) is 51.8 Å². The van der Waals surface area contributed by atoms with Gasteiger partial charge < -0.3 is 10.0 Å². The Morgan fingerprint density at radius 1 is 1.32 bits per heavy atom. The summed E-state index contributed by atoms with van der Waals surface area (Å²) in [6.07, 6.45) is 2.83. The maximum atomic E-state index is 13.3. The summed E-state index contributed by atoms with van der Waals surface area (Å²) in [6, 6.07) is 5.11. The summed E-state index contributed by atoms with van der Waals surface area (Å²) in [7, 11) is 0. The number of fused-ring (bicyclic) bond motifs is 1. The molecule has 0 aromatic carbocycles. The molecule has 1 aliphatic heterocycles. The van der Waals surface area contributed by atoms with Crippen molar-refractivity contribution >= 4 is 34.2 Å². The largest absolute Gasteiger partial charge is 0.480 e. The second-order valence-corrected chi connectivity index (χ2v) is 8.67. The van der Waals surface area contributed by atoms with Gasteiger partial charge in [0, 0.05) is 17.5 Å². The first kappa shape index (κ1) is 18.6. The molecule has 3 aromatic heterocycles. The van der Waals surface area contributed by atoms with Gasteiger partial charge in [0.25, 0.3) is 5.91 Å². The molecule has 146 valence electrons. The molecule has 0 radical (unpaired) electrons. The van der Waals surface area contributed by atoms with Crippen LogP contribution in [-0.2, 0) is 4.79 Å². The first-order chi connectivity index (χ1) is 13.4. The molecule has 0 aliphatic carbocycles. The molecule has 7 nitrogen and oxygen atoms in total. The van der Waals surface area contributed by atoms with E-state index in [0.717, 1.165) is 9.75 Å². The SMILES string of the molecule is Cc1ccc(-c2cc(C(=O)N3CCC[C@H]3C(=O)O)c3cnn(C(C)C)c3n2)s1. The van der Waals surface area contributed by atoms with E-state index in [1.165, 1.54) is 4.90 Å². The van der Waals surface area contributed by atoms with Crippen LogP contribution in [0.4, 0.5) is 0 Å². The summed E-state index contributed by atoms with van der Waals surface area (Å²) in [5.74, 6) is -1.22. The van der Waals surface area contributed by atoms with E-state index >= 15 is 0 Å². The van der Waals surface area contributed by atoms with E-state index in [0.29, 0.717) is 41.7 Å². The van der Waals surface area contributed by atoms with Crippen LogP contribution >= 0.6 is 11.3 Å². The van der Waals surface area contributed by atoms with E-state index < -0.39 is 12.0 Å². The lowest BCUT2D eigenvalue weighted by Gasteiger charge is -2.22. The Bertz CT molecular complexity index is 1070. The van der Waals surface area contributed by atoms with Crippen LogP contribution < -0.4 is 0 Å². The van der Waals surface area contributed by atoms with Crippen molar-refractivity contribution in [3.63, 3.8) is 0 Å². The molecule has 3 aromatic rings. The molecule has 0 bridgehead atoms. The summed E-state index contributed by atoms with van der Waals surface area (Å²) in [6.45, 7) is 6.50. The van der Waals surface area contributed by atoms with Crippen LogP contribution in [0.5, 0.6) is 0 Å². The fourth-order valence-corrected chi connectivity index (χ4v) is 4.52. The number of pyridine rings is 1. The lowest BCUT2D eigenvalue weighted by molar-refractivity contribution is -0.141. The molecule has 0 spiro atoms. The standard InChI is InChI=1S/C20H22N4O3S/c1-11(2)24-18-14(10-21-24)13(9-15(22-18)17-7-6-12(3)28-17)19(25)23-8-4-5-16(23)20(26)27/h6-7,9-11,16H,4-5,8H2,1-3H3,(H,26,27)/t16-/m0/s1. The van der Waals surface area contributed by atoms with E-state index in [1.54, 1.807) is 28.3 Å². The topological polar surface area (TPSA) is 88.3 Å². The maximum Gasteiger partial charge on any atom is 0.326 e. The van der Waals surface area contributed by atoms with Crippen molar-refractivity contribution < 1.29 is 14.7 Å². The maximum absolute atomic E-state index is 13.3. The predicted molar refractivity (Wildman–Crippen MR) is 108 cm³/mol. The van der Waals surface area contributed by atoms with E-state index in [1.807, 2.05) is 32.9 Å². The number of carbonyl (C=O) groups excluding carboxylic acids is 1. The number of aliphatic carboxylic acids is 1. The Kier molecular flexibility index (Phi) is 4.66. The third-order valence-corrected chi connectivity index (χ3v) is 6.10. The Morgan fingerprint density at radius 2 is 2.11 bits per heavy atom. The van der Waals surface area contributed by atoms with Crippen LogP contribution in [0.15, 0.2) is 24.4 Å². The number of hydrogen-bond acceptors (Lipinski definition) is 5. The van der Waals surface area contributed by atoms with Gasteiger partial charge in [-0.3, -0.25) is 4.79 Å². The molecular weight excluding hydrogens is 376 g/mol. The van der Waals surface area contributed by atoms with Crippen molar-refractivity contribution in [2.24, 2.45) is 0 Å². The minimum Gasteiger partial charge on any atom is -0.480 e. The van der Waals surface area contributed by atoms with Gasteiger partial charge >= 0.3 is 5.97 Å². The highest BCUT2D eigenvalue weighted by Crippen LogP contribution is 2.32. The normalized spacial score (nSPS) is 17.0. The Morgan fingerprint density at radius 3 is 2.75 bits per heavy atom. The number of nitrogens with zero attached hydrogens (tertiary/aromatic N) is 4. The molecule has 1 saturated heterocycles. The minimum atomic E-state index is -0.955. The average Bonchev–Trinajstić information content (AvgIpc) is 3.38. The van der Waals surface area contributed by atoms with Gasteiger partial charge in [-0.2, -0.15) is 5.10 Å². The van der Waals surface area contributed by atoms with Crippen molar-refractivity contribution in [3.8, 4) is 10.6 Å². The van der Waals surface area contributed by atoms with Gasteiger partial charge in [0.05, 0.1) is 27.7 Å². The molecule has 0 saturated carbocycles. The van der Waals surface area contributed by atoms with Crippen molar-refractivity contribution in [2.45, 2.75) is 45.7 Å². The van der Waals surface area contributed by atoms with Crippen LogP contribution in [0.3, 0.4) is 0 Å². The fourth-order valence-electron chi connectivity index (χ4n) is 3.69. The number of likely N-dealkylation sites (tertiary alicyclic amines) is 1. The molecule has 0 unspecified atom stereocenters. The van der Waals surface area contributed by atoms with E-state index in [4.69, 9.17) is 4.98 Å². The lowest BCUT2D eigenvalue weighted by atomic mass is 10.1. The minimum absolute atomic E-state index is 0.0897. The van der Waals surface area contributed by atoms with Gasteiger partial charge in [0.15, 0.2) is 5.65 Å². The molecule has 1 aliphatic rings. The van der Waals surface area contributed by atoms with E-state index in [-0.39, 0.29) is 11.9 Å². The highest BCUT2D eigenvalue weighted by Gasteiger charge is 2.35. The third kappa shape index (κ3) is 3.07. The molecular formula is C20H22N4O3S. The Labute approximate surface area is 166 Å². The molecule has 28 heavy (non-hydrogen) atoms. The molecule has 1 amide bonds. The van der Waals surface area contributed by atoms with Gasteiger partial charge in [-0.1, -0.05) is 0 Å². The zero-order valence-corrected chi connectivity index (χ0v) is 16.9. The zero-order valence-electron chi connectivity index (χ0n) is 16.0. The smallest absolute Gasteiger partial charge is 0.326 e. The van der Waals surface area contributed by atoms with Crippen LogP contribution in [0.1, 0.15) is 48.0 Å². The van der Waals surface area contributed by atoms with Crippen molar-refractivity contribution in [3.05, 3.63) is 34.8 Å². The molecule has 4 rings (SSSR count). The monoisotopic (exact) mass is 398 g/mol. The van der Waals surface area contributed by atoms with Crippen LogP contribution in [0.2, 0.25) is 0 Å². The predicted octanol–water partition coefficient (Wildman–Crippen LogP) is 3.74. The second-order valence-electron chi connectivity index (χ2n) is 7.38. The van der Waals surface area contributed by atoms with Gasteiger partial charge in [-0.25, -0.2) is 14.5 Å². The van der Waals surface area contributed by atoms with Crippen LogP contribution in [0.25, 0.3) is 21.6 Å². The number of hydrogen-bond donors (Lipinski definition) is 1. The number of aryl methyl sites for hydroxylation is 1. The highest BCUT2D eigenvalue weighted by molar-refractivity contribution is 7.15. The van der Waals surface area contributed by atoms with Crippen molar-refractivity contribution in [1.82, 2.24) is 19.7 Å². The first-order valence-corrected chi connectivity index (χ1v) is 10.2. The van der Waals surface area contributed by atoms with E-state index in [2.05, 4.69) is 5.10 Å². The van der Waals surface area contributed by atoms with Crippen LogP contribution in [0, 0.1) is 6.92 Å². The lowest BCUT2D eigenvalue weighted by Crippen LogP contribution is -2.40. The van der Waals surface area contributed by atoms with E-state index in [9.17, 15) is 14.7 Å². The number of thiophene rings is 1. The number of aromatic nitrogens is 3. The summed E-state index contributed by atoms with van der Waals surface area (Å²) >= 11 is 1.61. The average molecular weight is 398 g/mol. The molecule has 4 heterocycles. The summed E-state index contributed by atoms with van der Waals surface area (Å²) in [5, 5.41) is 14.6.